The maximum Gasteiger partial charge on any atom is 0.0145 e. The van der Waals surface area contributed by atoms with Crippen molar-refractivity contribution in [3.05, 3.63) is 69.8 Å². The molecule has 0 aromatic heterocycles. The molecule has 2 rings (SSSR count). The lowest BCUT2D eigenvalue weighted by Crippen LogP contribution is -2.30. The molecule has 0 aliphatic heterocycles. The molecule has 0 saturated heterocycles. The fourth-order valence-corrected chi connectivity index (χ4v) is 3.22. The second kappa shape index (κ2) is 6.91. The second-order valence-corrected chi connectivity index (χ2v) is 6.39. The Morgan fingerprint density at radius 2 is 1.00 bits per heavy atom. The summed E-state index contributed by atoms with van der Waals surface area (Å²) >= 11 is 0. The molecule has 1 nitrogen and oxygen atoms in total. The average Bonchev–Trinajstić information content (AvgIpc) is 2.35. The van der Waals surface area contributed by atoms with Crippen LogP contribution >= 0.6 is 0 Å². The minimum absolute atomic E-state index is 0.479. The van der Waals surface area contributed by atoms with Gasteiger partial charge in [-0.2, -0.15) is 0 Å². The van der Waals surface area contributed by atoms with Crippen molar-refractivity contribution in [2.45, 2.75) is 46.6 Å². The van der Waals surface area contributed by atoms with Gasteiger partial charge < -0.3 is 5.32 Å². The van der Waals surface area contributed by atoms with Crippen LogP contribution in [0.5, 0.6) is 0 Å². The van der Waals surface area contributed by atoms with Crippen LogP contribution in [-0.4, -0.2) is 13.1 Å². The van der Waals surface area contributed by atoms with Gasteiger partial charge >= 0.3 is 0 Å². The highest BCUT2D eigenvalue weighted by molar-refractivity contribution is 5.31. The Labute approximate surface area is 129 Å². The summed E-state index contributed by atoms with van der Waals surface area (Å²) in [6.07, 6.45) is 2.15. The molecule has 1 N–H and O–H groups in total. The summed E-state index contributed by atoms with van der Waals surface area (Å²) in [5.74, 6) is 0. The van der Waals surface area contributed by atoms with E-state index < -0.39 is 0 Å². The van der Waals surface area contributed by atoms with Crippen LogP contribution < -0.4 is 5.32 Å². The molecule has 2 aromatic rings. The van der Waals surface area contributed by atoms with Crippen molar-refractivity contribution in [3.8, 4) is 0 Å². The van der Waals surface area contributed by atoms with Gasteiger partial charge in [-0.25, -0.2) is 0 Å². The zero-order valence-corrected chi connectivity index (χ0v) is 14.0. The van der Waals surface area contributed by atoms with Crippen LogP contribution in [0.1, 0.15) is 33.4 Å². The molecule has 0 saturated carbocycles. The lowest BCUT2D eigenvalue weighted by atomic mass is 9.95. The number of rotatable bonds is 5. The first-order valence-corrected chi connectivity index (χ1v) is 7.78. The molecule has 112 valence electrons. The summed E-state index contributed by atoms with van der Waals surface area (Å²) < 4.78 is 0. The Hall–Kier alpha value is -1.60. The monoisotopic (exact) mass is 281 g/mol. The Bertz CT molecular complexity index is 519. The topological polar surface area (TPSA) is 12.0 Å². The average molecular weight is 281 g/mol. The molecular weight excluding hydrogens is 254 g/mol. The normalized spacial score (nSPS) is 11.1. The molecule has 0 aliphatic carbocycles. The van der Waals surface area contributed by atoms with E-state index in [1.807, 2.05) is 0 Å². The van der Waals surface area contributed by atoms with E-state index in [4.69, 9.17) is 0 Å². The fourth-order valence-electron chi connectivity index (χ4n) is 3.22. The maximum atomic E-state index is 3.48. The quantitative estimate of drug-likeness (QED) is 0.862. The highest BCUT2D eigenvalue weighted by Gasteiger charge is 2.10. The Morgan fingerprint density at radius 3 is 1.29 bits per heavy atom. The first-order valence-electron chi connectivity index (χ1n) is 7.78. The van der Waals surface area contributed by atoms with Crippen molar-refractivity contribution >= 4 is 0 Å². The smallest absolute Gasteiger partial charge is 0.0145 e. The van der Waals surface area contributed by atoms with E-state index in [0.29, 0.717) is 6.04 Å². The molecular formula is C20H27N. The van der Waals surface area contributed by atoms with Gasteiger partial charge in [-0.3, -0.25) is 0 Å². The van der Waals surface area contributed by atoms with Gasteiger partial charge in [0, 0.05) is 6.04 Å². The van der Waals surface area contributed by atoms with E-state index in [1.165, 1.54) is 33.4 Å². The first kappa shape index (κ1) is 15.8. The van der Waals surface area contributed by atoms with Crippen LogP contribution in [0.2, 0.25) is 0 Å². The zero-order chi connectivity index (χ0) is 15.4. The summed E-state index contributed by atoms with van der Waals surface area (Å²) in [7, 11) is 2.07. The van der Waals surface area contributed by atoms with E-state index in [9.17, 15) is 0 Å². The lowest BCUT2D eigenvalue weighted by molar-refractivity contribution is 0.556. The van der Waals surface area contributed by atoms with E-state index >= 15 is 0 Å². The van der Waals surface area contributed by atoms with Crippen molar-refractivity contribution in [2.24, 2.45) is 0 Å². The van der Waals surface area contributed by atoms with Gasteiger partial charge in [0.05, 0.1) is 0 Å². The third-order valence-corrected chi connectivity index (χ3v) is 3.94. The number of aryl methyl sites for hydroxylation is 4. The van der Waals surface area contributed by atoms with Crippen LogP contribution in [0.4, 0.5) is 0 Å². The van der Waals surface area contributed by atoms with Crippen LogP contribution in [0.3, 0.4) is 0 Å². The molecule has 1 heteroatoms. The molecule has 0 atom stereocenters. The second-order valence-electron chi connectivity index (χ2n) is 6.39. The van der Waals surface area contributed by atoms with E-state index in [2.05, 4.69) is 76.5 Å². The SMILES string of the molecule is CNC(Cc1cc(C)cc(C)c1)Cc1cc(C)cc(C)c1. The van der Waals surface area contributed by atoms with Crippen LogP contribution in [0, 0.1) is 27.7 Å². The van der Waals surface area contributed by atoms with Crippen molar-refractivity contribution in [1.29, 1.82) is 0 Å². The molecule has 0 amide bonds. The number of benzene rings is 2. The number of likely N-dealkylation sites (N-methyl/N-ethyl adjacent to an activating group) is 1. The van der Waals surface area contributed by atoms with E-state index in [0.717, 1.165) is 12.8 Å². The Balaban J connectivity index is 2.12. The zero-order valence-electron chi connectivity index (χ0n) is 14.0. The van der Waals surface area contributed by atoms with Crippen LogP contribution in [0.25, 0.3) is 0 Å². The van der Waals surface area contributed by atoms with Crippen molar-refractivity contribution in [2.75, 3.05) is 7.05 Å². The summed E-state index contributed by atoms with van der Waals surface area (Å²) in [6.45, 7) is 8.70. The molecule has 0 unspecified atom stereocenters. The molecule has 0 fully saturated rings. The molecule has 0 radical (unpaired) electrons. The Kier molecular flexibility index (Phi) is 5.19. The maximum absolute atomic E-state index is 3.48. The number of hydrogen-bond donors (Lipinski definition) is 1. The summed E-state index contributed by atoms with van der Waals surface area (Å²) in [6, 6.07) is 14.2. The Morgan fingerprint density at radius 1 is 0.667 bits per heavy atom. The van der Waals surface area contributed by atoms with Gasteiger partial charge in [0.2, 0.25) is 0 Å². The summed E-state index contributed by atoms with van der Waals surface area (Å²) in [5.41, 5.74) is 8.27. The molecule has 0 spiro atoms. The van der Waals surface area contributed by atoms with Crippen molar-refractivity contribution in [1.82, 2.24) is 5.32 Å². The van der Waals surface area contributed by atoms with Crippen LogP contribution in [-0.2, 0) is 12.8 Å². The highest BCUT2D eigenvalue weighted by Crippen LogP contribution is 2.15. The lowest BCUT2D eigenvalue weighted by Gasteiger charge is -2.18. The third kappa shape index (κ3) is 4.71. The summed E-state index contributed by atoms with van der Waals surface area (Å²) in [5, 5.41) is 3.48. The van der Waals surface area contributed by atoms with Crippen molar-refractivity contribution < 1.29 is 0 Å². The minimum Gasteiger partial charge on any atom is -0.316 e. The molecule has 21 heavy (non-hydrogen) atoms. The van der Waals surface area contributed by atoms with Crippen LogP contribution in [0.15, 0.2) is 36.4 Å². The van der Waals surface area contributed by atoms with Gasteiger partial charge in [0.25, 0.3) is 0 Å². The molecule has 2 aromatic carbocycles. The standard InChI is InChI=1S/C20H27N/c1-14-6-15(2)9-18(8-14)12-20(21-5)13-19-10-16(3)7-17(4)11-19/h6-11,20-21H,12-13H2,1-5H3. The van der Waals surface area contributed by atoms with Gasteiger partial charge in [-0.1, -0.05) is 58.7 Å². The molecule has 0 aliphatic rings. The van der Waals surface area contributed by atoms with Crippen molar-refractivity contribution in [3.63, 3.8) is 0 Å². The molecule has 0 heterocycles. The third-order valence-electron chi connectivity index (χ3n) is 3.94. The predicted molar refractivity (Wildman–Crippen MR) is 92.1 cm³/mol. The van der Waals surface area contributed by atoms with Gasteiger partial charge in [0.15, 0.2) is 0 Å². The van der Waals surface area contributed by atoms with Gasteiger partial charge in [0.1, 0.15) is 0 Å². The number of nitrogens with one attached hydrogen (secondary N) is 1. The van der Waals surface area contributed by atoms with E-state index in [-0.39, 0.29) is 0 Å². The largest absolute Gasteiger partial charge is 0.316 e. The number of hydrogen-bond acceptors (Lipinski definition) is 1. The fraction of sp³-hybridized carbons (Fsp3) is 0.400. The van der Waals surface area contributed by atoms with Gasteiger partial charge in [-0.05, 0) is 58.7 Å². The highest BCUT2D eigenvalue weighted by atomic mass is 14.9. The first-order chi connectivity index (χ1) is 9.96. The predicted octanol–water partition coefficient (Wildman–Crippen LogP) is 4.29. The minimum atomic E-state index is 0.479. The van der Waals surface area contributed by atoms with Gasteiger partial charge in [-0.15, -0.1) is 0 Å². The molecule has 0 bridgehead atoms. The summed E-state index contributed by atoms with van der Waals surface area (Å²) in [4.78, 5) is 0. The van der Waals surface area contributed by atoms with E-state index in [1.54, 1.807) is 0 Å².